The number of pyridine rings is 1. The smallest absolute Gasteiger partial charge is 0.146 e. The molecule has 1 aromatic heterocycles. The van der Waals surface area contributed by atoms with Crippen LogP contribution in [0.5, 0.6) is 0 Å². The predicted octanol–water partition coefficient (Wildman–Crippen LogP) is 3.53. The summed E-state index contributed by atoms with van der Waals surface area (Å²) in [5.74, 6) is 0.834. The fraction of sp³-hybridized carbons (Fsp3) is 0.294. The van der Waals surface area contributed by atoms with Gasteiger partial charge in [0, 0.05) is 24.8 Å². The van der Waals surface area contributed by atoms with Gasteiger partial charge in [-0.1, -0.05) is 29.8 Å². The van der Waals surface area contributed by atoms with E-state index in [9.17, 15) is 5.26 Å². The molecule has 0 bridgehead atoms. The summed E-state index contributed by atoms with van der Waals surface area (Å²) in [5, 5.41) is 9.38. The Morgan fingerprint density at radius 2 is 1.80 bits per heavy atom. The molecule has 3 nitrogen and oxygen atoms in total. The summed E-state index contributed by atoms with van der Waals surface area (Å²) in [6.07, 6.45) is 4.25. The molecule has 2 heterocycles. The van der Waals surface area contributed by atoms with Crippen LogP contribution in [0.3, 0.4) is 0 Å². The van der Waals surface area contributed by atoms with Gasteiger partial charge in [-0.15, -0.1) is 0 Å². The monoisotopic (exact) mass is 263 g/mol. The van der Waals surface area contributed by atoms with Crippen molar-refractivity contribution in [1.82, 2.24) is 4.98 Å². The first-order chi connectivity index (χ1) is 9.78. The molecule has 20 heavy (non-hydrogen) atoms. The van der Waals surface area contributed by atoms with Gasteiger partial charge in [-0.3, -0.25) is 0 Å². The van der Waals surface area contributed by atoms with E-state index in [2.05, 4.69) is 47.1 Å². The maximum absolute atomic E-state index is 9.38. The van der Waals surface area contributed by atoms with Gasteiger partial charge >= 0.3 is 0 Å². The molecule has 1 aliphatic heterocycles. The van der Waals surface area contributed by atoms with Crippen molar-refractivity contribution in [1.29, 1.82) is 5.26 Å². The quantitative estimate of drug-likeness (QED) is 0.832. The number of benzene rings is 1. The van der Waals surface area contributed by atoms with Crippen LogP contribution in [0, 0.1) is 18.3 Å². The molecule has 0 aliphatic carbocycles. The van der Waals surface area contributed by atoms with E-state index in [4.69, 9.17) is 0 Å². The number of aromatic nitrogens is 1. The minimum absolute atomic E-state index is 0.671. The molecule has 2 aromatic rings. The lowest BCUT2D eigenvalue weighted by Crippen LogP contribution is -2.20. The lowest BCUT2D eigenvalue weighted by molar-refractivity contribution is 0.934. The molecule has 0 N–H and O–H groups in total. The molecular formula is C17H17N3. The Hall–Kier alpha value is -2.34. The zero-order valence-corrected chi connectivity index (χ0v) is 11.6. The van der Waals surface area contributed by atoms with E-state index in [-0.39, 0.29) is 0 Å². The van der Waals surface area contributed by atoms with Crippen LogP contribution in [-0.4, -0.2) is 18.1 Å². The molecule has 1 fully saturated rings. The van der Waals surface area contributed by atoms with Crippen LogP contribution in [0.2, 0.25) is 0 Å². The second kappa shape index (κ2) is 5.34. The van der Waals surface area contributed by atoms with Gasteiger partial charge in [-0.25, -0.2) is 4.98 Å². The van der Waals surface area contributed by atoms with Gasteiger partial charge in [0.2, 0.25) is 0 Å². The zero-order chi connectivity index (χ0) is 13.9. The Morgan fingerprint density at radius 3 is 2.45 bits per heavy atom. The summed E-state index contributed by atoms with van der Waals surface area (Å²) in [7, 11) is 0. The van der Waals surface area contributed by atoms with Crippen molar-refractivity contribution < 1.29 is 0 Å². The van der Waals surface area contributed by atoms with Gasteiger partial charge in [0.1, 0.15) is 11.9 Å². The highest BCUT2D eigenvalue weighted by Gasteiger charge is 2.17. The average Bonchev–Trinajstić information content (AvgIpc) is 3.01. The molecule has 0 radical (unpaired) electrons. The molecule has 0 saturated carbocycles. The van der Waals surface area contributed by atoms with Gasteiger partial charge in [0.25, 0.3) is 0 Å². The van der Waals surface area contributed by atoms with Gasteiger partial charge in [-0.2, -0.15) is 5.26 Å². The van der Waals surface area contributed by atoms with Crippen LogP contribution in [0.25, 0.3) is 11.1 Å². The van der Waals surface area contributed by atoms with Gasteiger partial charge in [0.15, 0.2) is 0 Å². The first-order valence-electron chi connectivity index (χ1n) is 7.00. The van der Waals surface area contributed by atoms with Crippen LogP contribution >= 0.6 is 0 Å². The summed E-state index contributed by atoms with van der Waals surface area (Å²) in [4.78, 5) is 6.74. The fourth-order valence-corrected chi connectivity index (χ4v) is 2.62. The number of aryl methyl sites for hydroxylation is 1. The Morgan fingerprint density at radius 1 is 1.10 bits per heavy atom. The third-order valence-corrected chi connectivity index (χ3v) is 3.78. The van der Waals surface area contributed by atoms with Crippen molar-refractivity contribution in [2.75, 3.05) is 18.0 Å². The van der Waals surface area contributed by atoms with Crippen molar-refractivity contribution in [2.45, 2.75) is 19.8 Å². The second-order valence-electron chi connectivity index (χ2n) is 5.27. The maximum atomic E-state index is 9.38. The van der Waals surface area contributed by atoms with E-state index in [0.29, 0.717) is 5.56 Å². The Bertz CT molecular complexity index is 647. The number of hydrogen-bond donors (Lipinski definition) is 0. The number of nitriles is 1. The largest absolute Gasteiger partial charge is 0.356 e. The SMILES string of the molecule is Cc1ccc(-c2cnc(N3CCCC3)c(C#N)c2)cc1. The summed E-state index contributed by atoms with van der Waals surface area (Å²) in [6, 6.07) is 12.5. The standard InChI is InChI=1S/C17H17N3/c1-13-4-6-14(7-5-13)16-10-15(11-18)17(19-12-16)20-8-2-3-9-20/h4-7,10,12H,2-3,8-9H2,1H3. The molecule has 0 amide bonds. The number of hydrogen-bond acceptors (Lipinski definition) is 3. The van der Waals surface area contributed by atoms with Crippen LogP contribution in [0.1, 0.15) is 24.0 Å². The Balaban J connectivity index is 1.98. The summed E-state index contributed by atoms with van der Waals surface area (Å²) < 4.78 is 0. The maximum Gasteiger partial charge on any atom is 0.146 e. The van der Waals surface area contributed by atoms with E-state index < -0.39 is 0 Å². The van der Waals surface area contributed by atoms with Crippen molar-refractivity contribution >= 4 is 5.82 Å². The molecule has 3 heteroatoms. The van der Waals surface area contributed by atoms with E-state index in [1.54, 1.807) is 0 Å². The number of nitrogens with zero attached hydrogens (tertiary/aromatic N) is 3. The molecule has 1 aromatic carbocycles. The summed E-state index contributed by atoms with van der Waals surface area (Å²) >= 11 is 0. The van der Waals surface area contributed by atoms with Gasteiger partial charge < -0.3 is 4.90 Å². The van der Waals surface area contributed by atoms with E-state index >= 15 is 0 Å². The Kier molecular flexibility index (Phi) is 3.39. The third kappa shape index (κ3) is 2.37. The minimum Gasteiger partial charge on any atom is -0.356 e. The fourth-order valence-electron chi connectivity index (χ4n) is 2.62. The first-order valence-corrected chi connectivity index (χ1v) is 7.00. The molecule has 0 atom stereocenters. The van der Waals surface area contributed by atoms with E-state index in [1.807, 2.05) is 12.3 Å². The van der Waals surface area contributed by atoms with Crippen LogP contribution in [-0.2, 0) is 0 Å². The first kappa shape index (κ1) is 12.7. The van der Waals surface area contributed by atoms with E-state index in [0.717, 1.165) is 30.0 Å². The van der Waals surface area contributed by atoms with E-state index in [1.165, 1.54) is 18.4 Å². The molecule has 3 rings (SSSR count). The highest BCUT2D eigenvalue weighted by Crippen LogP contribution is 2.27. The molecule has 100 valence electrons. The zero-order valence-electron chi connectivity index (χ0n) is 11.6. The van der Waals surface area contributed by atoms with Crippen molar-refractivity contribution in [3.8, 4) is 17.2 Å². The third-order valence-electron chi connectivity index (χ3n) is 3.78. The minimum atomic E-state index is 0.671. The molecule has 0 spiro atoms. The number of anilines is 1. The summed E-state index contributed by atoms with van der Waals surface area (Å²) in [5.41, 5.74) is 4.01. The predicted molar refractivity (Wildman–Crippen MR) is 80.6 cm³/mol. The Labute approximate surface area is 119 Å². The lowest BCUT2D eigenvalue weighted by atomic mass is 10.0. The van der Waals surface area contributed by atoms with Crippen molar-refractivity contribution in [3.05, 3.63) is 47.7 Å². The van der Waals surface area contributed by atoms with Crippen molar-refractivity contribution in [3.63, 3.8) is 0 Å². The normalized spacial score (nSPS) is 14.3. The molecule has 1 saturated heterocycles. The summed E-state index contributed by atoms with van der Waals surface area (Å²) in [6.45, 7) is 4.08. The van der Waals surface area contributed by atoms with Gasteiger partial charge in [0.05, 0.1) is 5.56 Å². The molecule has 1 aliphatic rings. The van der Waals surface area contributed by atoms with Crippen molar-refractivity contribution in [2.24, 2.45) is 0 Å². The van der Waals surface area contributed by atoms with Crippen LogP contribution in [0.15, 0.2) is 36.5 Å². The number of rotatable bonds is 2. The van der Waals surface area contributed by atoms with Crippen LogP contribution in [0.4, 0.5) is 5.82 Å². The lowest BCUT2D eigenvalue weighted by Gasteiger charge is -2.18. The average molecular weight is 263 g/mol. The second-order valence-corrected chi connectivity index (χ2v) is 5.27. The highest BCUT2D eigenvalue weighted by molar-refractivity contribution is 5.68. The van der Waals surface area contributed by atoms with Gasteiger partial charge in [-0.05, 0) is 31.4 Å². The molecular weight excluding hydrogens is 246 g/mol. The van der Waals surface area contributed by atoms with Crippen LogP contribution < -0.4 is 4.90 Å². The topological polar surface area (TPSA) is 39.9 Å². The molecule has 0 unspecified atom stereocenters. The highest BCUT2D eigenvalue weighted by atomic mass is 15.2.